The van der Waals surface area contributed by atoms with Gasteiger partial charge in [0.25, 0.3) is 0 Å². The molecule has 0 saturated heterocycles. The highest BCUT2D eigenvalue weighted by Crippen LogP contribution is 2.36. The highest BCUT2D eigenvalue weighted by molar-refractivity contribution is 5.96. The molecule has 0 saturated carbocycles. The zero-order chi connectivity index (χ0) is 20.5. The first-order valence-corrected chi connectivity index (χ1v) is 8.59. The normalized spacial score (nSPS) is 11.1. The minimum absolute atomic E-state index is 0.225. The number of imidazole rings is 1. The molecule has 7 heteroatoms. The Kier molecular flexibility index (Phi) is 4.97. The van der Waals surface area contributed by atoms with Gasteiger partial charge >= 0.3 is 5.97 Å². The highest BCUT2D eigenvalue weighted by atomic mass is 16.5. The Morgan fingerprint density at radius 3 is 2.32 bits per heavy atom. The molecule has 0 amide bonds. The van der Waals surface area contributed by atoms with Crippen molar-refractivity contribution < 1.29 is 19.0 Å². The summed E-state index contributed by atoms with van der Waals surface area (Å²) in [4.78, 5) is 16.6. The molecular formula is C21H21N3O4. The van der Waals surface area contributed by atoms with E-state index < -0.39 is 11.4 Å². The van der Waals surface area contributed by atoms with E-state index in [2.05, 4.69) is 11.1 Å². The first-order chi connectivity index (χ1) is 13.4. The second-order valence-electron chi connectivity index (χ2n) is 6.77. The first kappa shape index (κ1) is 19.2. The van der Waals surface area contributed by atoms with Crippen LogP contribution in [0.1, 0.15) is 29.8 Å². The standard InChI is InChI=1S/C21H21N3O4/c1-21(2,12-22)14-6-7-24-15(11-23-18(24)10-14)13-8-16(26-3)19(20(25)28-5)17(9-13)27-4/h6-11H,1-5H3. The maximum atomic E-state index is 12.1. The van der Waals surface area contributed by atoms with Gasteiger partial charge in [0, 0.05) is 11.8 Å². The molecule has 0 fully saturated rings. The summed E-state index contributed by atoms with van der Waals surface area (Å²) in [5.41, 5.74) is 2.78. The van der Waals surface area contributed by atoms with E-state index in [1.54, 1.807) is 18.3 Å². The fourth-order valence-electron chi connectivity index (χ4n) is 3.01. The van der Waals surface area contributed by atoms with E-state index in [1.807, 2.05) is 36.6 Å². The van der Waals surface area contributed by atoms with Gasteiger partial charge in [-0.3, -0.25) is 4.40 Å². The SMILES string of the molecule is COC(=O)c1c(OC)cc(-c2cnc3cc(C(C)(C)C#N)ccn23)cc1OC. The van der Waals surface area contributed by atoms with Crippen molar-refractivity contribution in [3.8, 4) is 28.8 Å². The van der Waals surface area contributed by atoms with Crippen LogP contribution >= 0.6 is 0 Å². The summed E-state index contributed by atoms with van der Waals surface area (Å²) >= 11 is 0. The van der Waals surface area contributed by atoms with Crippen LogP contribution < -0.4 is 9.47 Å². The molecule has 0 aliphatic heterocycles. The van der Waals surface area contributed by atoms with Crippen LogP contribution in [-0.4, -0.2) is 36.7 Å². The number of hydrogen-bond donors (Lipinski definition) is 0. The van der Waals surface area contributed by atoms with Gasteiger partial charge in [-0.1, -0.05) is 0 Å². The third-order valence-electron chi connectivity index (χ3n) is 4.71. The van der Waals surface area contributed by atoms with Crippen molar-refractivity contribution in [2.45, 2.75) is 19.3 Å². The van der Waals surface area contributed by atoms with Gasteiger partial charge in [-0.15, -0.1) is 0 Å². The van der Waals surface area contributed by atoms with Crippen molar-refractivity contribution in [3.63, 3.8) is 0 Å². The monoisotopic (exact) mass is 379 g/mol. The Morgan fingerprint density at radius 2 is 1.79 bits per heavy atom. The molecular weight excluding hydrogens is 358 g/mol. The zero-order valence-electron chi connectivity index (χ0n) is 16.4. The lowest BCUT2D eigenvalue weighted by molar-refractivity contribution is 0.0593. The second-order valence-corrected chi connectivity index (χ2v) is 6.77. The lowest BCUT2D eigenvalue weighted by Gasteiger charge is -2.16. The third-order valence-corrected chi connectivity index (χ3v) is 4.71. The lowest BCUT2D eigenvalue weighted by Crippen LogP contribution is -2.14. The first-order valence-electron chi connectivity index (χ1n) is 8.59. The number of benzene rings is 1. The Labute approximate surface area is 163 Å². The third kappa shape index (κ3) is 3.14. The molecule has 0 radical (unpaired) electrons. The van der Waals surface area contributed by atoms with Crippen molar-refractivity contribution in [2.75, 3.05) is 21.3 Å². The number of fused-ring (bicyclic) bond motifs is 1. The summed E-state index contributed by atoms with van der Waals surface area (Å²) < 4.78 is 17.5. The summed E-state index contributed by atoms with van der Waals surface area (Å²) in [6, 6.07) is 9.58. The summed E-state index contributed by atoms with van der Waals surface area (Å²) in [6.45, 7) is 3.73. The average Bonchev–Trinajstić information content (AvgIpc) is 3.15. The minimum atomic E-state index is -0.609. The Morgan fingerprint density at radius 1 is 1.14 bits per heavy atom. The van der Waals surface area contributed by atoms with E-state index in [4.69, 9.17) is 14.2 Å². The zero-order valence-corrected chi connectivity index (χ0v) is 16.4. The molecule has 7 nitrogen and oxygen atoms in total. The summed E-state index contributed by atoms with van der Waals surface area (Å²) in [5, 5.41) is 9.37. The molecule has 0 atom stereocenters. The van der Waals surface area contributed by atoms with E-state index >= 15 is 0 Å². The van der Waals surface area contributed by atoms with Gasteiger partial charge in [0.2, 0.25) is 0 Å². The molecule has 3 rings (SSSR count). The number of carbonyl (C=O) groups is 1. The topological polar surface area (TPSA) is 85.9 Å². The predicted octanol–water partition coefficient (Wildman–Crippen LogP) is 3.61. The van der Waals surface area contributed by atoms with Gasteiger partial charge in [-0.25, -0.2) is 9.78 Å². The number of hydrogen-bond acceptors (Lipinski definition) is 6. The van der Waals surface area contributed by atoms with Crippen LogP contribution in [0, 0.1) is 11.3 Å². The number of esters is 1. The molecule has 144 valence electrons. The quantitative estimate of drug-likeness (QED) is 0.630. The molecule has 0 unspecified atom stereocenters. The van der Waals surface area contributed by atoms with E-state index in [0.717, 1.165) is 16.8 Å². The fourth-order valence-corrected chi connectivity index (χ4v) is 3.01. The van der Waals surface area contributed by atoms with E-state index in [-0.39, 0.29) is 5.56 Å². The molecule has 0 aliphatic rings. The van der Waals surface area contributed by atoms with Gasteiger partial charge in [0.05, 0.1) is 44.7 Å². The molecule has 3 aromatic rings. The average molecular weight is 379 g/mol. The molecule has 1 aromatic carbocycles. The largest absolute Gasteiger partial charge is 0.496 e. The fraction of sp³-hybridized carbons (Fsp3) is 0.286. The maximum absolute atomic E-state index is 12.1. The van der Waals surface area contributed by atoms with Crippen molar-refractivity contribution >= 4 is 11.6 Å². The molecule has 2 aromatic heterocycles. The van der Waals surface area contributed by atoms with Crippen LogP contribution in [0.15, 0.2) is 36.7 Å². The van der Waals surface area contributed by atoms with Crippen molar-refractivity contribution in [1.29, 1.82) is 5.26 Å². The van der Waals surface area contributed by atoms with E-state index in [9.17, 15) is 10.1 Å². The number of nitrogens with zero attached hydrogens (tertiary/aromatic N) is 3. The molecule has 2 heterocycles. The van der Waals surface area contributed by atoms with Gasteiger partial charge in [0.15, 0.2) is 0 Å². The molecule has 0 N–H and O–H groups in total. The summed E-state index contributed by atoms with van der Waals surface area (Å²) in [5.74, 6) is 0.151. The molecule has 0 aliphatic carbocycles. The van der Waals surface area contributed by atoms with Crippen molar-refractivity contribution in [3.05, 3.63) is 47.8 Å². The smallest absolute Gasteiger partial charge is 0.345 e. The predicted molar refractivity (Wildman–Crippen MR) is 104 cm³/mol. The van der Waals surface area contributed by atoms with Gasteiger partial charge in [-0.2, -0.15) is 5.26 Å². The molecule has 0 spiro atoms. The molecule has 28 heavy (non-hydrogen) atoms. The minimum Gasteiger partial charge on any atom is -0.496 e. The van der Waals surface area contributed by atoms with E-state index in [1.165, 1.54) is 21.3 Å². The summed E-state index contributed by atoms with van der Waals surface area (Å²) in [7, 11) is 4.27. The highest BCUT2D eigenvalue weighted by Gasteiger charge is 2.23. The van der Waals surface area contributed by atoms with Gasteiger partial charge in [-0.05, 0) is 43.7 Å². The Balaban J connectivity index is 2.18. The Hall–Kier alpha value is -3.53. The second kappa shape index (κ2) is 7.24. The van der Waals surface area contributed by atoms with Gasteiger partial charge in [0.1, 0.15) is 22.7 Å². The van der Waals surface area contributed by atoms with Crippen LogP contribution in [0.4, 0.5) is 0 Å². The number of rotatable bonds is 5. The Bertz CT molecular complexity index is 1070. The van der Waals surface area contributed by atoms with Crippen LogP contribution in [0.5, 0.6) is 11.5 Å². The number of methoxy groups -OCH3 is 3. The number of aromatic nitrogens is 2. The molecule has 0 bridgehead atoms. The maximum Gasteiger partial charge on any atom is 0.345 e. The number of pyridine rings is 1. The van der Waals surface area contributed by atoms with Crippen LogP contribution in [0.3, 0.4) is 0 Å². The van der Waals surface area contributed by atoms with Crippen molar-refractivity contribution in [2.24, 2.45) is 0 Å². The van der Waals surface area contributed by atoms with E-state index in [0.29, 0.717) is 17.1 Å². The van der Waals surface area contributed by atoms with Crippen molar-refractivity contribution in [1.82, 2.24) is 9.38 Å². The summed E-state index contributed by atoms with van der Waals surface area (Å²) in [6.07, 6.45) is 3.60. The van der Waals surface area contributed by atoms with Gasteiger partial charge < -0.3 is 14.2 Å². The van der Waals surface area contributed by atoms with Crippen LogP contribution in [0.2, 0.25) is 0 Å². The number of carbonyl (C=O) groups excluding carboxylic acids is 1. The van der Waals surface area contributed by atoms with Crippen LogP contribution in [-0.2, 0) is 10.2 Å². The van der Waals surface area contributed by atoms with Crippen LogP contribution in [0.25, 0.3) is 16.9 Å². The number of ether oxygens (including phenoxy) is 3. The lowest BCUT2D eigenvalue weighted by atomic mass is 9.87. The number of nitriles is 1.